The molecule has 2 aromatic rings. The fourth-order valence-corrected chi connectivity index (χ4v) is 2.48. The van der Waals surface area contributed by atoms with Crippen molar-refractivity contribution in [3.63, 3.8) is 0 Å². The first-order valence-electron chi connectivity index (χ1n) is 5.58. The minimum atomic E-state index is -0.198. The van der Waals surface area contributed by atoms with Gasteiger partial charge in [-0.2, -0.15) is 19.3 Å². The molecule has 2 heterocycles. The molecule has 0 saturated heterocycles. The molecule has 0 aliphatic rings. The van der Waals surface area contributed by atoms with Crippen LogP contribution in [0.15, 0.2) is 12.1 Å². The van der Waals surface area contributed by atoms with E-state index in [1.54, 1.807) is 13.0 Å². The number of rotatable bonds is 4. The summed E-state index contributed by atoms with van der Waals surface area (Å²) in [5, 5.41) is 2.94. The van der Waals surface area contributed by atoms with Crippen molar-refractivity contribution in [2.24, 2.45) is 0 Å². The van der Waals surface area contributed by atoms with Crippen molar-refractivity contribution < 1.29 is 4.39 Å². The Labute approximate surface area is 108 Å². The second-order valence-electron chi connectivity index (χ2n) is 3.81. The predicted octanol–water partition coefficient (Wildman–Crippen LogP) is 2.53. The van der Waals surface area contributed by atoms with Gasteiger partial charge in [-0.25, -0.2) is 0 Å². The second-order valence-corrected chi connectivity index (χ2v) is 4.88. The number of aromatic nitrogens is 3. The van der Waals surface area contributed by atoms with Gasteiger partial charge in [-0.1, -0.05) is 6.92 Å². The number of anilines is 2. The number of nitrogen functional groups attached to an aromatic ring is 1. The third-order valence-corrected chi connectivity index (χ3v) is 3.40. The molecule has 0 aliphatic heterocycles. The van der Waals surface area contributed by atoms with E-state index in [1.807, 2.05) is 6.92 Å². The van der Waals surface area contributed by atoms with Crippen LogP contribution in [-0.4, -0.2) is 15.0 Å². The molecule has 1 unspecified atom stereocenters. The highest BCUT2D eigenvalue weighted by molar-refractivity contribution is 7.10. The third kappa shape index (κ3) is 2.92. The zero-order valence-electron chi connectivity index (χ0n) is 10.1. The van der Waals surface area contributed by atoms with Gasteiger partial charge in [0.2, 0.25) is 11.9 Å². The van der Waals surface area contributed by atoms with Gasteiger partial charge in [0.25, 0.3) is 0 Å². The van der Waals surface area contributed by atoms with Crippen LogP contribution in [0.3, 0.4) is 0 Å². The molecule has 0 bridgehead atoms. The highest BCUT2D eigenvalue weighted by atomic mass is 32.1. The summed E-state index contributed by atoms with van der Waals surface area (Å²) in [4.78, 5) is 13.0. The molecule has 3 N–H and O–H groups in total. The Bertz CT molecular complexity index is 522. The maximum Gasteiger partial charge on any atom is 0.228 e. The van der Waals surface area contributed by atoms with E-state index in [0.717, 1.165) is 22.6 Å². The molecule has 2 rings (SSSR count). The Morgan fingerprint density at radius 2 is 2.17 bits per heavy atom. The number of thiophene rings is 1. The number of halogens is 1. The van der Waals surface area contributed by atoms with E-state index in [2.05, 4.69) is 20.3 Å². The van der Waals surface area contributed by atoms with Gasteiger partial charge >= 0.3 is 0 Å². The minimum Gasteiger partial charge on any atom is -0.368 e. The smallest absolute Gasteiger partial charge is 0.228 e. The summed E-state index contributed by atoms with van der Waals surface area (Å²) in [7, 11) is 0. The Kier molecular flexibility index (Phi) is 3.71. The molecule has 0 amide bonds. The number of aryl methyl sites for hydroxylation is 1. The molecule has 7 heteroatoms. The molecule has 0 aromatic carbocycles. The van der Waals surface area contributed by atoms with Gasteiger partial charge in [-0.15, -0.1) is 11.3 Å². The highest BCUT2D eigenvalue weighted by Crippen LogP contribution is 2.27. The lowest BCUT2D eigenvalue weighted by molar-refractivity contribution is 0.657. The summed E-state index contributed by atoms with van der Waals surface area (Å²) in [6.07, 6.45) is 0.796. The van der Waals surface area contributed by atoms with E-state index >= 15 is 0 Å². The third-order valence-electron chi connectivity index (χ3n) is 2.41. The maximum absolute atomic E-state index is 13.0. The molecule has 5 nitrogen and oxygen atoms in total. The first-order chi connectivity index (χ1) is 8.58. The van der Waals surface area contributed by atoms with Crippen LogP contribution < -0.4 is 11.1 Å². The summed E-state index contributed by atoms with van der Waals surface area (Å²) in [5.41, 5.74) is 5.56. The Balaban J connectivity index is 2.20. The lowest BCUT2D eigenvalue weighted by atomic mass is 10.2. The number of nitrogens with one attached hydrogen (secondary N) is 1. The first-order valence-corrected chi connectivity index (χ1v) is 6.40. The zero-order valence-corrected chi connectivity index (χ0v) is 11.0. The van der Waals surface area contributed by atoms with Gasteiger partial charge in [-0.3, -0.25) is 0 Å². The van der Waals surface area contributed by atoms with E-state index in [4.69, 9.17) is 5.73 Å². The monoisotopic (exact) mass is 267 g/mol. The molecule has 2 aromatic heterocycles. The van der Waals surface area contributed by atoms with Gasteiger partial charge in [-0.05, 0) is 25.5 Å². The van der Waals surface area contributed by atoms with Crippen molar-refractivity contribution >= 4 is 23.2 Å². The van der Waals surface area contributed by atoms with Crippen LogP contribution in [0.4, 0.5) is 16.3 Å². The fraction of sp³-hybridized carbons (Fsp3) is 0.364. The standard InChI is InChI=1S/C11H14FN5S/c1-3-7(8-4-5-9(12)18-8)16-11-15-6(2)14-10(13)17-11/h4-5,7H,3H2,1-2H3,(H3,13,14,15,16,17). The lowest BCUT2D eigenvalue weighted by Gasteiger charge is -2.15. The predicted molar refractivity (Wildman–Crippen MR) is 69.9 cm³/mol. The minimum absolute atomic E-state index is 0.0271. The van der Waals surface area contributed by atoms with E-state index in [-0.39, 0.29) is 17.1 Å². The van der Waals surface area contributed by atoms with Crippen LogP contribution >= 0.6 is 11.3 Å². The van der Waals surface area contributed by atoms with Crippen molar-refractivity contribution in [1.82, 2.24) is 15.0 Å². The van der Waals surface area contributed by atoms with Gasteiger partial charge < -0.3 is 11.1 Å². The average Bonchev–Trinajstić information content (AvgIpc) is 2.71. The van der Waals surface area contributed by atoms with Crippen molar-refractivity contribution in [2.45, 2.75) is 26.3 Å². The van der Waals surface area contributed by atoms with Crippen LogP contribution in [0.2, 0.25) is 0 Å². The number of nitrogens with two attached hydrogens (primary N) is 1. The van der Waals surface area contributed by atoms with Crippen LogP contribution in [0.25, 0.3) is 0 Å². The topological polar surface area (TPSA) is 76.7 Å². The largest absolute Gasteiger partial charge is 0.368 e. The van der Waals surface area contributed by atoms with Crippen molar-refractivity contribution in [1.29, 1.82) is 0 Å². The second kappa shape index (κ2) is 5.26. The molecule has 96 valence electrons. The molecule has 0 radical (unpaired) electrons. The van der Waals surface area contributed by atoms with Crippen LogP contribution in [0.1, 0.15) is 30.1 Å². The molecule has 0 spiro atoms. The summed E-state index contributed by atoms with van der Waals surface area (Å²) >= 11 is 1.12. The summed E-state index contributed by atoms with van der Waals surface area (Å²) in [5.74, 6) is 1.15. The van der Waals surface area contributed by atoms with E-state index < -0.39 is 0 Å². The zero-order chi connectivity index (χ0) is 13.1. The first kappa shape index (κ1) is 12.7. The molecule has 0 saturated carbocycles. The van der Waals surface area contributed by atoms with E-state index in [9.17, 15) is 4.39 Å². The van der Waals surface area contributed by atoms with Crippen LogP contribution in [0, 0.1) is 12.1 Å². The van der Waals surface area contributed by atoms with E-state index in [0.29, 0.717) is 11.8 Å². The lowest BCUT2D eigenvalue weighted by Crippen LogP contribution is -2.13. The van der Waals surface area contributed by atoms with Gasteiger partial charge in [0.1, 0.15) is 5.82 Å². The van der Waals surface area contributed by atoms with Gasteiger partial charge in [0.05, 0.1) is 6.04 Å². The van der Waals surface area contributed by atoms with Crippen LogP contribution in [0.5, 0.6) is 0 Å². The van der Waals surface area contributed by atoms with Crippen molar-refractivity contribution in [3.05, 3.63) is 28.0 Å². The Morgan fingerprint density at radius 3 is 2.72 bits per heavy atom. The van der Waals surface area contributed by atoms with Crippen LogP contribution in [-0.2, 0) is 0 Å². The molecule has 0 fully saturated rings. The van der Waals surface area contributed by atoms with Gasteiger partial charge in [0, 0.05) is 4.88 Å². The molecular weight excluding hydrogens is 253 g/mol. The number of hydrogen-bond acceptors (Lipinski definition) is 6. The normalized spacial score (nSPS) is 12.4. The van der Waals surface area contributed by atoms with Crippen molar-refractivity contribution in [3.8, 4) is 0 Å². The highest BCUT2D eigenvalue weighted by Gasteiger charge is 2.14. The maximum atomic E-state index is 13.0. The summed E-state index contributed by atoms with van der Waals surface area (Å²) in [6, 6.07) is 3.19. The van der Waals surface area contributed by atoms with E-state index in [1.165, 1.54) is 6.07 Å². The molecule has 18 heavy (non-hydrogen) atoms. The Morgan fingerprint density at radius 1 is 1.39 bits per heavy atom. The Hall–Kier alpha value is -1.76. The SMILES string of the molecule is CCC(Nc1nc(C)nc(N)n1)c1ccc(F)s1. The molecule has 0 aliphatic carbocycles. The quantitative estimate of drug-likeness (QED) is 0.890. The summed E-state index contributed by atoms with van der Waals surface area (Å²) < 4.78 is 13.0. The number of nitrogens with zero attached hydrogens (tertiary/aromatic N) is 3. The van der Waals surface area contributed by atoms with Crippen molar-refractivity contribution in [2.75, 3.05) is 11.1 Å². The van der Waals surface area contributed by atoms with Gasteiger partial charge in [0.15, 0.2) is 5.13 Å². The number of hydrogen-bond donors (Lipinski definition) is 2. The fourth-order valence-electron chi connectivity index (χ4n) is 1.61. The average molecular weight is 267 g/mol. The molecular formula is C11H14FN5S. The molecule has 1 atom stereocenters. The summed E-state index contributed by atoms with van der Waals surface area (Å²) in [6.45, 7) is 3.75.